The first kappa shape index (κ1) is 18.4. The Morgan fingerprint density at radius 2 is 1.46 bits per heavy atom. The first-order chi connectivity index (χ1) is 13.4. The Bertz CT molecular complexity index is 655. The molecule has 3 amide bonds. The van der Waals surface area contributed by atoms with Gasteiger partial charge in [-0.15, -0.1) is 0 Å². The van der Waals surface area contributed by atoms with Gasteiger partial charge in [0.1, 0.15) is 6.04 Å². The highest BCUT2D eigenvalue weighted by molar-refractivity contribution is 5.91. The molecule has 0 spiro atoms. The normalized spacial score (nSPS) is 42.1. The van der Waals surface area contributed by atoms with Gasteiger partial charge in [0.25, 0.3) is 0 Å². The summed E-state index contributed by atoms with van der Waals surface area (Å²) in [7, 11) is 0. The molecule has 4 saturated carbocycles. The summed E-state index contributed by atoms with van der Waals surface area (Å²) in [5, 5.41) is 0. The SMILES string of the molecule is NC(=O)C1CCCN(C(=O)C2CCCN2C(=O)C23CC4CC(CC(C4)C2)C3)C1. The molecule has 2 atom stereocenters. The van der Waals surface area contributed by atoms with Gasteiger partial charge in [0.05, 0.1) is 11.3 Å². The highest BCUT2D eigenvalue weighted by Crippen LogP contribution is 2.60. The number of carbonyl (C=O) groups excluding carboxylic acids is 3. The summed E-state index contributed by atoms with van der Waals surface area (Å²) >= 11 is 0. The number of piperidine rings is 1. The van der Waals surface area contributed by atoms with Crippen molar-refractivity contribution in [1.29, 1.82) is 0 Å². The van der Waals surface area contributed by atoms with Crippen LogP contribution >= 0.6 is 0 Å². The Morgan fingerprint density at radius 3 is 2.07 bits per heavy atom. The van der Waals surface area contributed by atoms with E-state index in [0.29, 0.717) is 19.6 Å². The van der Waals surface area contributed by atoms with Gasteiger partial charge < -0.3 is 15.5 Å². The lowest BCUT2D eigenvalue weighted by molar-refractivity contribution is -0.162. The van der Waals surface area contributed by atoms with Crippen molar-refractivity contribution in [2.45, 2.75) is 70.3 Å². The molecule has 6 fully saturated rings. The van der Waals surface area contributed by atoms with Crippen LogP contribution in [-0.4, -0.2) is 53.2 Å². The van der Waals surface area contributed by atoms with E-state index in [4.69, 9.17) is 5.73 Å². The molecule has 4 aliphatic carbocycles. The van der Waals surface area contributed by atoms with E-state index < -0.39 is 0 Å². The van der Waals surface area contributed by atoms with Gasteiger partial charge in [0.2, 0.25) is 17.7 Å². The molecule has 0 aromatic rings. The molecule has 2 heterocycles. The average Bonchev–Trinajstić information content (AvgIpc) is 3.15. The fourth-order valence-electron chi connectivity index (χ4n) is 7.56. The zero-order valence-electron chi connectivity index (χ0n) is 16.8. The van der Waals surface area contributed by atoms with Gasteiger partial charge in [-0.3, -0.25) is 14.4 Å². The van der Waals surface area contributed by atoms with Crippen molar-refractivity contribution in [2.75, 3.05) is 19.6 Å². The van der Waals surface area contributed by atoms with E-state index in [9.17, 15) is 14.4 Å². The maximum Gasteiger partial charge on any atom is 0.245 e. The van der Waals surface area contributed by atoms with Crippen LogP contribution in [0.2, 0.25) is 0 Å². The van der Waals surface area contributed by atoms with Gasteiger partial charge >= 0.3 is 0 Å². The van der Waals surface area contributed by atoms with Crippen LogP contribution in [0.3, 0.4) is 0 Å². The molecule has 6 heteroatoms. The molecule has 2 N–H and O–H groups in total. The maximum absolute atomic E-state index is 13.8. The van der Waals surface area contributed by atoms with Crippen molar-refractivity contribution in [3.05, 3.63) is 0 Å². The summed E-state index contributed by atoms with van der Waals surface area (Å²) < 4.78 is 0. The summed E-state index contributed by atoms with van der Waals surface area (Å²) in [6.07, 6.45) is 10.3. The zero-order valence-corrected chi connectivity index (χ0v) is 16.8. The standard InChI is InChI=1S/C22H33N3O3/c23-19(26)17-3-1-5-24(13-17)20(27)18-4-2-6-25(18)21(28)22-10-14-7-15(11-22)9-16(8-14)12-22/h14-18H,1-13H2,(H2,23,26). The van der Waals surface area contributed by atoms with Crippen molar-refractivity contribution in [3.63, 3.8) is 0 Å². The van der Waals surface area contributed by atoms with Crippen LogP contribution in [0.15, 0.2) is 0 Å². The monoisotopic (exact) mass is 387 g/mol. The quantitative estimate of drug-likeness (QED) is 0.803. The molecule has 4 bridgehead atoms. The molecule has 0 aromatic heterocycles. The molecular formula is C22H33N3O3. The maximum atomic E-state index is 13.8. The van der Waals surface area contributed by atoms with Crippen LogP contribution < -0.4 is 5.73 Å². The van der Waals surface area contributed by atoms with Crippen molar-refractivity contribution in [2.24, 2.45) is 34.8 Å². The number of hydrogen-bond acceptors (Lipinski definition) is 3. The van der Waals surface area contributed by atoms with Gasteiger partial charge in [-0.25, -0.2) is 0 Å². The minimum absolute atomic E-state index is 0.0431. The molecule has 0 radical (unpaired) electrons. The molecule has 28 heavy (non-hydrogen) atoms. The van der Waals surface area contributed by atoms with Crippen molar-refractivity contribution in [1.82, 2.24) is 9.80 Å². The molecule has 154 valence electrons. The van der Waals surface area contributed by atoms with Crippen LogP contribution in [-0.2, 0) is 14.4 Å². The third-order valence-electron chi connectivity index (χ3n) is 8.43. The van der Waals surface area contributed by atoms with Crippen LogP contribution in [0.1, 0.15) is 64.2 Å². The summed E-state index contributed by atoms with van der Waals surface area (Å²) in [6.45, 7) is 1.81. The number of likely N-dealkylation sites (tertiary alicyclic amines) is 2. The summed E-state index contributed by atoms with van der Waals surface area (Å²) in [5.74, 6) is 1.94. The Kier molecular flexibility index (Phi) is 4.44. The fourth-order valence-corrected chi connectivity index (χ4v) is 7.56. The summed E-state index contributed by atoms with van der Waals surface area (Å²) in [4.78, 5) is 42.4. The summed E-state index contributed by atoms with van der Waals surface area (Å²) in [6, 6.07) is -0.327. The lowest BCUT2D eigenvalue weighted by Crippen LogP contribution is -2.58. The third kappa shape index (κ3) is 2.94. The van der Waals surface area contributed by atoms with Crippen molar-refractivity contribution in [3.8, 4) is 0 Å². The third-order valence-corrected chi connectivity index (χ3v) is 8.43. The molecule has 6 rings (SSSR count). The van der Waals surface area contributed by atoms with E-state index in [-0.39, 0.29) is 35.1 Å². The molecule has 6 aliphatic rings. The fraction of sp³-hybridized carbons (Fsp3) is 0.864. The van der Waals surface area contributed by atoms with E-state index in [2.05, 4.69) is 0 Å². The molecular weight excluding hydrogens is 354 g/mol. The van der Waals surface area contributed by atoms with Crippen LogP contribution in [0, 0.1) is 29.1 Å². The highest BCUT2D eigenvalue weighted by Gasteiger charge is 2.57. The molecule has 6 nitrogen and oxygen atoms in total. The topological polar surface area (TPSA) is 83.7 Å². The first-order valence-electron chi connectivity index (χ1n) is 11.3. The lowest BCUT2D eigenvalue weighted by atomic mass is 9.49. The Hall–Kier alpha value is -1.59. The van der Waals surface area contributed by atoms with E-state index in [1.54, 1.807) is 4.90 Å². The number of primary amides is 1. The Balaban J connectivity index is 1.32. The molecule has 2 saturated heterocycles. The predicted molar refractivity (Wildman–Crippen MR) is 104 cm³/mol. The molecule has 2 aliphatic heterocycles. The number of carbonyl (C=O) groups is 3. The van der Waals surface area contributed by atoms with Gasteiger partial charge in [-0.2, -0.15) is 0 Å². The van der Waals surface area contributed by atoms with Crippen LogP contribution in [0.5, 0.6) is 0 Å². The number of nitrogens with zero attached hydrogens (tertiary/aromatic N) is 2. The molecule has 2 unspecified atom stereocenters. The number of hydrogen-bond donors (Lipinski definition) is 1. The number of amides is 3. The second-order valence-corrected chi connectivity index (χ2v) is 10.4. The Morgan fingerprint density at radius 1 is 0.857 bits per heavy atom. The van der Waals surface area contributed by atoms with Gasteiger partial charge in [0.15, 0.2) is 0 Å². The second kappa shape index (κ2) is 6.74. The van der Waals surface area contributed by atoms with Gasteiger partial charge in [-0.05, 0) is 82.0 Å². The minimum Gasteiger partial charge on any atom is -0.369 e. The second-order valence-electron chi connectivity index (χ2n) is 10.4. The minimum atomic E-state index is -0.327. The van der Waals surface area contributed by atoms with Crippen LogP contribution in [0.25, 0.3) is 0 Å². The average molecular weight is 388 g/mol. The smallest absolute Gasteiger partial charge is 0.245 e. The van der Waals surface area contributed by atoms with Crippen LogP contribution in [0.4, 0.5) is 0 Å². The van der Waals surface area contributed by atoms with Gasteiger partial charge in [-0.1, -0.05) is 0 Å². The first-order valence-corrected chi connectivity index (χ1v) is 11.3. The van der Waals surface area contributed by atoms with E-state index in [0.717, 1.165) is 62.7 Å². The highest BCUT2D eigenvalue weighted by atomic mass is 16.2. The van der Waals surface area contributed by atoms with E-state index in [1.165, 1.54) is 19.3 Å². The van der Waals surface area contributed by atoms with Crippen molar-refractivity contribution >= 4 is 17.7 Å². The lowest BCUT2D eigenvalue weighted by Gasteiger charge is -2.56. The van der Waals surface area contributed by atoms with E-state index in [1.807, 2.05) is 4.90 Å². The number of nitrogens with two attached hydrogens (primary N) is 1. The van der Waals surface area contributed by atoms with Gasteiger partial charge in [0, 0.05) is 19.6 Å². The summed E-state index contributed by atoms with van der Waals surface area (Å²) in [5.41, 5.74) is 5.30. The van der Waals surface area contributed by atoms with Crippen molar-refractivity contribution < 1.29 is 14.4 Å². The largest absolute Gasteiger partial charge is 0.369 e. The predicted octanol–water partition coefficient (Wildman–Crippen LogP) is 1.92. The number of rotatable bonds is 3. The van der Waals surface area contributed by atoms with E-state index >= 15 is 0 Å². The zero-order chi connectivity index (χ0) is 19.5. The Labute approximate surface area is 167 Å². The molecule has 0 aromatic carbocycles.